The van der Waals surface area contributed by atoms with Gasteiger partial charge in [0.1, 0.15) is 0 Å². The maximum absolute atomic E-state index is 6.76. The van der Waals surface area contributed by atoms with Crippen molar-refractivity contribution in [1.29, 1.82) is 0 Å². The summed E-state index contributed by atoms with van der Waals surface area (Å²) in [7, 11) is 0. The monoisotopic (exact) mass is 327 g/mol. The maximum atomic E-state index is 6.76. The highest BCUT2D eigenvalue weighted by Gasteiger charge is 2.71. The molecule has 6 atom stereocenters. The first-order valence-corrected chi connectivity index (χ1v) is 9.21. The van der Waals surface area contributed by atoms with Crippen LogP contribution in [0, 0.1) is 17.3 Å². The van der Waals surface area contributed by atoms with Gasteiger partial charge in [0.25, 0.3) is 5.90 Å². The Morgan fingerprint density at radius 1 is 1.12 bits per heavy atom. The van der Waals surface area contributed by atoms with Crippen molar-refractivity contribution < 1.29 is 19.0 Å². The normalized spacial score (nSPS) is 47.8. The van der Waals surface area contributed by atoms with E-state index < -0.39 is 6.75 Å². The SMILES string of the molecule is CC1=[NH+][C@H](c2ccccc2)[B@-]2(O1)O[C@H]1C[C@H]3C[C@H](C3(C)C)[C@@]1(C)O2. The van der Waals surface area contributed by atoms with Gasteiger partial charge in [0.05, 0.1) is 12.5 Å². The average Bonchev–Trinajstić information content (AvgIpc) is 3.02. The van der Waals surface area contributed by atoms with E-state index in [9.17, 15) is 0 Å². The summed E-state index contributed by atoms with van der Waals surface area (Å²) >= 11 is 0. The standard InChI is InChI=1S/C19H25BNO3/c1-12-21-17(13-8-6-5-7-9-13)20(22-12)23-16-11-14-10-15(18(14,2)3)19(16,4)24-20/h5-9,14-17H,10-11H2,1-4H3/q-1/p+1/t14-,15-,16+,17-,19-,20+/m1/s1. The molecule has 0 unspecified atom stereocenters. The fraction of sp³-hybridized carbons (Fsp3) is 0.632. The fourth-order valence-electron chi connectivity index (χ4n) is 5.91. The molecule has 0 radical (unpaired) electrons. The van der Waals surface area contributed by atoms with Crippen LogP contribution in [0.2, 0.25) is 0 Å². The Bertz CT molecular complexity index is 721. The molecular weight excluding hydrogens is 301 g/mol. The molecule has 1 aromatic rings. The lowest BCUT2D eigenvalue weighted by atomic mass is 9.43. The maximum Gasteiger partial charge on any atom is 0.510 e. The second-order valence-corrected chi connectivity index (χ2v) is 8.87. The molecule has 1 N–H and O–H groups in total. The van der Waals surface area contributed by atoms with E-state index in [1.165, 1.54) is 6.42 Å². The van der Waals surface area contributed by atoms with E-state index in [0.717, 1.165) is 23.8 Å². The molecule has 4 nitrogen and oxygen atoms in total. The summed E-state index contributed by atoms with van der Waals surface area (Å²) in [5, 5.41) is 0. The van der Waals surface area contributed by atoms with E-state index in [2.05, 4.69) is 50.0 Å². The minimum atomic E-state index is -1.85. The van der Waals surface area contributed by atoms with Crippen molar-refractivity contribution in [2.75, 3.05) is 0 Å². The summed E-state index contributed by atoms with van der Waals surface area (Å²) in [6.07, 6.45) is 2.46. The van der Waals surface area contributed by atoms with Crippen molar-refractivity contribution in [2.24, 2.45) is 17.3 Å². The Morgan fingerprint density at radius 2 is 1.88 bits per heavy atom. The topological polar surface area (TPSA) is 41.7 Å². The van der Waals surface area contributed by atoms with E-state index in [-0.39, 0.29) is 17.6 Å². The van der Waals surface area contributed by atoms with Gasteiger partial charge in [-0.25, -0.2) is 4.99 Å². The Labute approximate surface area is 143 Å². The third-order valence-electron chi connectivity index (χ3n) is 7.34. The van der Waals surface area contributed by atoms with Crippen molar-refractivity contribution >= 4 is 12.7 Å². The lowest BCUT2D eigenvalue weighted by molar-refractivity contribution is -0.487. The van der Waals surface area contributed by atoms with Crippen LogP contribution in [-0.4, -0.2) is 24.4 Å². The van der Waals surface area contributed by atoms with E-state index >= 15 is 0 Å². The first-order chi connectivity index (χ1) is 11.4. The van der Waals surface area contributed by atoms with Crippen LogP contribution in [0.15, 0.2) is 30.3 Å². The molecule has 4 fully saturated rings. The molecule has 2 heterocycles. The minimum absolute atomic E-state index is 0.0751. The van der Waals surface area contributed by atoms with Gasteiger partial charge in [-0.05, 0) is 42.6 Å². The summed E-state index contributed by atoms with van der Waals surface area (Å²) in [6.45, 7) is 7.12. The Morgan fingerprint density at radius 3 is 2.58 bits per heavy atom. The first kappa shape index (κ1) is 15.0. The van der Waals surface area contributed by atoms with Crippen LogP contribution in [-0.2, 0) is 14.0 Å². The zero-order valence-electron chi connectivity index (χ0n) is 14.9. The quantitative estimate of drug-likeness (QED) is 0.802. The van der Waals surface area contributed by atoms with Gasteiger partial charge in [-0.3, -0.25) is 0 Å². The van der Waals surface area contributed by atoms with E-state index in [0.29, 0.717) is 11.3 Å². The predicted octanol–water partition coefficient (Wildman–Crippen LogP) is 1.98. The van der Waals surface area contributed by atoms with E-state index in [4.69, 9.17) is 14.0 Å². The van der Waals surface area contributed by atoms with Gasteiger partial charge in [-0.1, -0.05) is 44.2 Å². The Balaban J connectivity index is 1.54. The summed E-state index contributed by atoms with van der Waals surface area (Å²) in [4.78, 5) is 3.45. The zero-order valence-corrected chi connectivity index (χ0v) is 14.9. The van der Waals surface area contributed by atoms with Gasteiger partial charge in [-0.15, -0.1) is 0 Å². The molecule has 5 heteroatoms. The van der Waals surface area contributed by atoms with Gasteiger partial charge < -0.3 is 14.0 Å². The zero-order chi connectivity index (χ0) is 16.7. The van der Waals surface area contributed by atoms with Crippen molar-refractivity contribution in [3.8, 4) is 0 Å². The smallest absolute Gasteiger partial charge is 0.510 e. The summed E-state index contributed by atoms with van der Waals surface area (Å²) < 4.78 is 19.5. The van der Waals surface area contributed by atoms with Crippen molar-refractivity contribution in [3.63, 3.8) is 0 Å². The van der Waals surface area contributed by atoms with Crippen LogP contribution in [0.4, 0.5) is 0 Å². The van der Waals surface area contributed by atoms with Gasteiger partial charge in [-0.2, -0.15) is 0 Å². The third-order valence-corrected chi connectivity index (χ3v) is 7.34. The lowest BCUT2D eigenvalue weighted by Crippen LogP contribution is -2.75. The van der Waals surface area contributed by atoms with E-state index in [1.807, 2.05) is 13.0 Å². The second-order valence-electron chi connectivity index (χ2n) is 8.87. The molecule has 2 bridgehead atoms. The molecule has 0 amide bonds. The van der Waals surface area contributed by atoms with Gasteiger partial charge >= 0.3 is 6.75 Å². The fourth-order valence-corrected chi connectivity index (χ4v) is 5.91. The van der Waals surface area contributed by atoms with Crippen LogP contribution < -0.4 is 4.99 Å². The summed E-state index contributed by atoms with van der Waals surface area (Å²) in [5.74, 6) is 1.99. The number of nitrogens with one attached hydrogen (secondary N) is 1. The number of hydrogen-bond donors (Lipinski definition) is 1. The largest absolute Gasteiger partial charge is 0.621 e. The molecule has 5 aliphatic rings. The Kier molecular flexibility index (Phi) is 2.77. The molecule has 1 saturated heterocycles. The minimum Gasteiger partial charge on any atom is -0.621 e. The van der Waals surface area contributed by atoms with E-state index in [1.54, 1.807) is 0 Å². The Hall–Kier alpha value is -1.33. The van der Waals surface area contributed by atoms with Crippen LogP contribution in [0.5, 0.6) is 0 Å². The van der Waals surface area contributed by atoms with Crippen molar-refractivity contribution in [1.82, 2.24) is 0 Å². The van der Waals surface area contributed by atoms with Gasteiger partial charge in [0.2, 0.25) is 0 Å². The molecule has 128 valence electrons. The average molecular weight is 327 g/mol. The molecule has 3 saturated carbocycles. The van der Waals surface area contributed by atoms with Crippen LogP contribution >= 0.6 is 0 Å². The molecule has 6 rings (SSSR count). The van der Waals surface area contributed by atoms with Crippen LogP contribution in [0.1, 0.15) is 52.0 Å². The highest BCUT2D eigenvalue weighted by molar-refractivity contribution is 6.65. The van der Waals surface area contributed by atoms with Gasteiger partial charge in [0.15, 0.2) is 5.94 Å². The molecule has 24 heavy (non-hydrogen) atoms. The first-order valence-electron chi connectivity index (χ1n) is 9.21. The molecule has 1 spiro atoms. The molecular formula is C19H26BNO3. The number of hydrogen-bond acceptors (Lipinski definition) is 3. The summed E-state index contributed by atoms with van der Waals surface area (Å²) in [5.41, 5.74) is 1.24. The summed E-state index contributed by atoms with van der Waals surface area (Å²) in [6, 6.07) is 10.4. The van der Waals surface area contributed by atoms with Crippen molar-refractivity contribution in [2.45, 2.75) is 58.2 Å². The predicted molar refractivity (Wildman–Crippen MR) is 92.0 cm³/mol. The highest BCUT2D eigenvalue weighted by Crippen LogP contribution is 2.67. The second kappa shape index (κ2) is 4.44. The molecule has 0 aromatic heterocycles. The van der Waals surface area contributed by atoms with Crippen LogP contribution in [0.25, 0.3) is 0 Å². The molecule has 2 aliphatic heterocycles. The van der Waals surface area contributed by atoms with Gasteiger partial charge in [0, 0.05) is 6.10 Å². The van der Waals surface area contributed by atoms with Crippen LogP contribution in [0.3, 0.4) is 0 Å². The molecule has 3 aliphatic carbocycles. The number of rotatable bonds is 1. The lowest BCUT2D eigenvalue weighted by Gasteiger charge is -2.65. The third kappa shape index (κ3) is 1.70. The molecule has 1 aromatic carbocycles. The van der Waals surface area contributed by atoms with Crippen molar-refractivity contribution in [3.05, 3.63) is 35.9 Å². The highest BCUT2D eigenvalue weighted by atomic mass is 16.8. The number of benzene rings is 1.